The zero-order chi connectivity index (χ0) is 17.3. The molecule has 0 aliphatic heterocycles. The van der Waals surface area contributed by atoms with Crippen LogP contribution in [0.15, 0.2) is 77.8 Å². The lowest BCUT2D eigenvalue weighted by molar-refractivity contribution is 0.602. The molecular weight excluding hydrogens is 326 g/mol. The molecule has 0 radical (unpaired) electrons. The molecule has 5 rings (SSSR count). The average molecular weight is 339 g/mol. The summed E-state index contributed by atoms with van der Waals surface area (Å²) in [6.45, 7) is 0. The number of pyridine rings is 1. The van der Waals surface area contributed by atoms with Crippen molar-refractivity contribution in [3.05, 3.63) is 73.4 Å². The zero-order valence-corrected chi connectivity index (χ0v) is 13.6. The minimum atomic E-state index is 0.649. The predicted molar refractivity (Wildman–Crippen MR) is 100 cm³/mol. The molecule has 0 spiro atoms. The van der Waals surface area contributed by atoms with Gasteiger partial charge in [-0.05, 0) is 42.5 Å². The number of rotatable bonds is 3. The Balaban J connectivity index is 1.65. The van der Waals surface area contributed by atoms with E-state index in [1.54, 1.807) is 12.4 Å². The van der Waals surface area contributed by atoms with Crippen molar-refractivity contribution in [3.63, 3.8) is 0 Å². The van der Waals surface area contributed by atoms with Crippen LogP contribution >= 0.6 is 0 Å². The molecule has 0 saturated carbocycles. The predicted octanol–water partition coefficient (Wildman–Crippen LogP) is 4.58. The second kappa shape index (κ2) is 5.93. The Bertz CT molecular complexity index is 1220. The van der Waals surface area contributed by atoms with E-state index in [4.69, 9.17) is 9.40 Å². The number of aromatic nitrogens is 4. The lowest BCUT2D eigenvalue weighted by Crippen LogP contribution is -1.99. The molecule has 6 nitrogen and oxygen atoms in total. The summed E-state index contributed by atoms with van der Waals surface area (Å²) in [7, 11) is 0. The quantitative estimate of drug-likeness (QED) is 0.518. The highest BCUT2D eigenvalue weighted by atomic mass is 16.3. The van der Waals surface area contributed by atoms with Gasteiger partial charge in [-0.3, -0.25) is 4.98 Å². The van der Waals surface area contributed by atoms with Crippen LogP contribution in [0.3, 0.4) is 0 Å². The molecule has 6 heteroatoms. The Morgan fingerprint density at radius 1 is 0.846 bits per heavy atom. The first-order valence-corrected chi connectivity index (χ1v) is 8.14. The van der Waals surface area contributed by atoms with E-state index in [2.05, 4.69) is 20.3 Å². The number of nitrogens with zero attached hydrogens (tertiary/aromatic N) is 4. The second-order valence-corrected chi connectivity index (χ2v) is 5.81. The maximum absolute atomic E-state index is 5.30. The average Bonchev–Trinajstić information content (AvgIpc) is 3.16. The third kappa shape index (κ3) is 2.53. The third-order valence-electron chi connectivity index (χ3n) is 4.13. The molecule has 3 heterocycles. The number of hydrogen-bond donors (Lipinski definition) is 1. The van der Waals surface area contributed by atoms with Gasteiger partial charge in [0.2, 0.25) is 0 Å². The summed E-state index contributed by atoms with van der Waals surface area (Å²) >= 11 is 0. The van der Waals surface area contributed by atoms with E-state index in [0.29, 0.717) is 5.82 Å². The first kappa shape index (κ1) is 14.5. The molecule has 0 aliphatic rings. The van der Waals surface area contributed by atoms with E-state index >= 15 is 0 Å². The molecule has 0 fully saturated rings. The van der Waals surface area contributed by atoms with E-state index in [1.807, 2.05) is 54.6 Å². The maximum Gasteiger partial charge on any atom is 0.181 e. The van der Waals surface area contributed by atoms with Gasteiger partial charge in [0, 0.05) is 29.0 Å². The summed E-state index contributed by atoms with van der Waals surface area (Å²) in [5, 5.41) is 4.34. The lowest BCUT2D eigenvalue weighted by Gasteiger charge is -2.11. The number of benzene rings is 2. The van der Waals surface area contributed by atoms with Crippen LogP contribution in [0.25, 0.3) is 33.4 Å². The minimum Gasteiger partial charge on any atom is -0.443 e. The molecule has 0 aliphatic carbocycles. The smallest absolute Gasteiger partial charge is 0.181 e. The Kier molecular flexibility index (Phi) is 3.31. The second-order valence-electron chi connectivity index (χ2n) is 5.81. The van der Waals surface area contributed by atoms with E-state index in [9.17, 15) is 0 Å². The van der Waals surface area contributed by atoms with Crippen molar-refractivity contribution in [3.8, 4) is 11.4 Å². The topological polar surface area (TPSA) is 76.7 Å². The van der Waals surface area contributed by atoms with Gasteiger partial charge >= 0.3 is 0 Å². The van der Waals surface area contributed by atoms with Gasteiger partial charge in [0.25, 0.3) is 0 Å². The van der Waals surface area contributed by atoms with Gasteiger partial charge in [-0.2, -0.15) is 0 Å². The van der Waals surface area contributed by atoms with Gasteiger partial charge in [0.05, 0.1) is 5.52 Å². The molecule has 3 aromatic heterocycles. The molecule has 0 bridgehead atoms. The van der Waals surface area contributed by atoms with Crippen LogP contribution in [0.5, 0.6) is 0 Å². The first-order chi connectivity index (χ1) is 12.9. The molecule has 0 atom stereocenters. The van der Waals surface area contributed by atoms with Crippen LogP contribution in [-0.4, -0.2) is 19.9 Å². The summed E-state index contributed by atoms with van der Waals surface area (Å²) in [4.78, 5) is 17.7. The Morgan fingerprint density at radius 2 is 1.73 bits per heavy atom. The van der Waals surface area contributed by atoms with Crippen LogP contribution in [0, 0.1) is 0 Å². The summed E-state index contributed by atoms with van der Waals surface area (Å²) in [5.41, 5.74) is 4.22. The summed E-state index contributed by atoms with van der Waals surface area (Å²) < 4.78 is 5.30. The first-order valence-electron chi connectivity index (χ1n) is 8.14. The molecule has 2 aromatic carbocycles. The van der Waals surface area contributed by atoms with E-state index < -0.39 is 0 Å². The number of para-hydroxylation sites is 1. The molecule has 0 amide bonds. The number of fused-ring (bicyclic) bond motifs is 2. The van der Waals surface area contributed by atoms with Gasteiger partial charge in [-0.15, -0.1) is 0 Å². The van der Waals surface area contributed by atoms with Crippen molar-refractivity contribution >= 4 is 33.5 Å². The monoisotopic (exact) mass is 339 g/mol. The van der Waals surface area contributed by atoms with E-state index in [1.165, 1.54) is 6.39 Å². The summed E-state index contributed by atoms with van der Waals surface area (Å²) in [5.74, 6) is 1.39. The van der Waals surface area contributed by atoms with Crippen LogP contribution in [-0.2, 0) is 0 Å². The SMILES string of the molecule is c1ccc2c(Nc3ccc4ocnc4c3)nc(-c3ccncc3)nc2c1. The molecular formula is C20H13N5O. The third-order valence-corrected chi connectivity index (χ3v) is 4.13. The van der Waals surface area contributed by atoms with Gasteiger partial charge in [-0.1, -0.05) is 12.1 Å². The van der Waals surface area contributed by atoms with Crippen LogP contribution in [0.1, 0.15) is 0 Å². The van der Waals surface area contributed by atoms with Gasteiger partial charge in [0.1, 0.15) is 11.3 Å². The zero-order valence-electron chi connectivity index (χ0n) is 13.6. The molecule has 0 saturated heterocycles. The minimum absolute atomic E-state index is 0.649. The fraction of sp³-hybridized carbons (Fsp3) is 0. The van der Waals surface area contributed by atoms with Gasteiger partial charge in [-0.25, -0.2) is 15.0 Å². The number of hydrogen-bond acceptors (Lipinski definition) is 6. The molecule has 5 aromatic rings. The molecule has 0 unspecified atom stereocenters. The van der Waals surface area contributed by atoms with Crippen LogP contribution in [0.2, 0.25) is 0 Å². The summed E-state index contributed by atoms with van der Waals surface area (Å²) in [6, 6.07) is 17.5. The van der Waals surface area contributed by atoms with Crippen LogP contribution < -0.4 is 5.32 Å². The highest BCUT2D eigenvalue weighted by molar-refractivity contribution is 5.92. The normalized spacial score (nSPS) is 11.1. The van der Waals surface area contributed by atoms with E-state index in [0.717, 1.165) is 39.1 Å². The highest BCUT2D eigenvalue weighted by Gasteiger charge is 2.10. The van der Waals surface area contributed by atoms with Crippen molar-refractivity contribution in [2.24, 2.45) is 0 Å². The fourth-order valence-corrected chi connectivity index (χ4v) is 2.87. The van der Waals surface area contributed by atoms with Gasteiger partial charge < -0.3 is 9.73 Å². The highest BCUT2D eigenvalue weighted by Crippen LogP contribution is 2.28. The lowest BCUT2D eigenvalue weighted by atomic mass is 10.2. The Morgan fingerprint density at radius 3 is 2.65 bits per heavy atom. The summed E-state index contributed by atoms with van der Waals surface area (Å²) in [6.07, 6.45) is 4.91. The van der Waals surface area contributed by atoms with Crippen molar-refractivity contribution < 1.29 is 4.42 Å². The van der Waals surface area contributed by atoms with Gasteiger partial charge in [0.15, 0.2) is 17.8 Å². The van der Waals surface area contributed by atoms with E-state index in [-0.39, 0.29) is 0 Å². The van der Waals surface area contributed by atoms with Crippen molar-refractivity contribution in [2.45, 2.75) is 0 Å². The van der Waals surface area contributed by atoms with Crippen molar-refractivity contribution in [2.75, 3.05) is 5.32 Å². The fourth-order valence-electron chi connectivity index (χ4n) is 2.87. The molecule has 124 valence electrons. The van der Waals surface area contributed by atoms with Crippen LogP contribution in [0.4, 0.5) is 11.5 Å². The number of nitrogens with one attached hydrogen (secondary N) is 1. The number of anilines is 2. The molecule has 1 N–H and O–H groups in total. The Labute approximate surface area is 148 Å². The molecule has 26 heavy (non-hydrogen) atoms. The van der Waals surface area contributed by atoms with Crippen molar-refractivity contribution in [1.82, 2.24) is 19.9 Å². The van der Waals surface area contributed by atoms with Crippen molar-refractivity contribution in [1.29, 1.82) is 0 Å². The number of oxazole rings is 1. The largest absolute Gasteiger partial charge is 0.443 e. The maximum atomic E-state index is 5.30. The standard InChI is InChI=1S/C20H13N5O/c1-2-4-16-15(3-1)20(25-19(24-16)13-7-9-21-10-8-13)23-14-5-6-18-17(11-14)22-12-26-18/h1-12H,(H,23,24,25). The Hall–Kier alpha value is -3.80.